The zero-order valence-electron chi connectivity index (χ0n) is 13.8. The lowest BCUT2D eigenvalue weighted by Crippen LogP contribution is -2.60. The Hall–Kier alpha value is -0.160. The normalized spacial score (nSPS) is 32.7. The summed E-state index contributed by atoms with van der Waals surface area (Å²) in [5, 5.41) is 0. The molecule has 0 bridgehead atoms. The van der Waals surface area contributed by atoms with Gasteiger partial charge in [0.25, 0.3) is 0 Å². The minimum atomic E-state index is -0.0430. The van der Waals surface area contributed by atoms with Gasteiger partial charge < -0.3 is 15.4 Å². The fourth-order valence-corrected chi connectivity index (χ4v) is 3.93. The number of nitrogens with two attached hydrogens (primary N) is 1. The van der Waals surface area contributed by atoms with Crippen LogP contribution in [0.5, 0.6) is 0 Å². The summed E-state index contributed by atoms with van der Waals surface area (Å²) in [5.74, 6) is 0.825. The van der Waals surface area contributed by atoms with Crippen molar-refractivity contribution in [3.8, 4) is 0 Å². The van der Waals surface area contributed by atoms with Crippen molar-refractivity contribution in [3.63, 3.8) is 0 Å². The molecule has 2 aliphatic rings. The number of nitrogens with zero attached hydrogens (tertiary/aromatic N) is 2. The quantitative estimate of drug-likeness (QED) is 0.850. The molecule has 0 aromatic carbocycles. The Balaban J connectivity index is 1.96. The van der Waals surface area contributed by atoms with Crippen molar-refractivity contribution in [1.29, 1.82) is 0 Å². The molecule has 2 rings (SSSR count). The van der Waals surface area contributed by atoms with E-state index >= 15 is 0 Å². The summed E-state index contributed by atoms with van der Waals surface area (Å²) in [6, 6.07) is 0. The van der Waals surface area contributed by atoms with Crippen LogP contribution in [0.2, 0.25) is 0 Å². The van der Waals surface area contributed by atoms with Gasteiger partial charge in [0.1, 0.15) is 0 Å². The molecule has 4 heteroatoms. The summed E-state index contributed by atoms with van der Waals surface area (Å²) in [6.07, 6.45) is 4.75. The van der Waals surface area contributed by atoms with Gasteiger partial charge in [-0.1, -0.05) is 0 Å². The summed E-state index contributed by atoms with van der Waals surface area (Å²) in [6.45, 7) is 9.62. The Morgan fingerprint density at radius 3 is 2.50 bits per heavy atom. The van der Waals surface area contributed by atoms with Crippen molar-refractivity contribution in [2.24, 2.45) is 11.7 Å². The maximum absolute atomic E-state index is 6.18. The molecule has 0 saturated carbocycles. The van der Waals surface area contributed by atoms with Gasteiger partial charge in [-0.2, -0.15) is 0 Å². The van der Waals surface area contributed by atoms with Crippen LogP contribution in [0, 0.1) is 5.92 Å². The second-order valence-corrected chi connectivity index (χ2v) is 7.59. The summed E-state index contributed by atoms with van der Waals surface area (Å²) >= 11 is 0. The van der Waals surface area contributed by atoms with Crippen LogP contribution in [0.3, 0.4) is 0 Å². The van der Waals surface area contributed by atoms with Gasteiger partial charge in [0.05, 0.1) is 5.60 Å². The lowest BCUT2D eigenvalue weighted by atomic mass is 9.79. The molecule has 0 amide bonds. The average Bonchev–Trinajstić information content (AvgIpc) is 2.40. The number of likely N-dealkylation sites (N-methyl/N-ethyl adjacent to an activating group) is 1. The number of rotatable bonds is 4. The molecule has 2 aliphatic heterocycles. The molecule has 0 aromatic heterocycles. The number of hydrogen-bond acceptors (Lipinski definition) is 4. The highest BCUT2D eigenvalue weighted by atomic mass is 16.5. The molecule has 2 saturated heterocycles. The Labute approximate surface area is 124 Å². The van der Waals surface area contributed by atoms with Crippen LogP contribution in [0.15, 0.2) is 0 Å². The van der Waals surface area contributed by atoms with Crippen LogP contribution in [-0.4, -0.2) is 67.8 Å². The van der Waals surface area contributed by atoms with Gasteiger partial charge in [-0.05, 0) is 72.6 Å². The van der Waals surface area contributed by atoms with Crippen LogP contribution in [0.1, 0.15) is 39.5 Å². The predicted octanol–water partition coefficient (Wildman–Crippen LogP) is 1.55. The van der Waals surface area contributed by atoms with Gasteiger partial charge in [-0.3, -0.25) is 4.90 Å². The molecule has 4 nitrogen and oxygen atoms in total. The molecule has 1 atom stereocenters. The highest BCUT2D eigenvalue weighted by Crippen LogP contribution is 2.36. The van der Waals surface area contributed by atoms with Gasteiger partial charge in [0, 0.05) is 25.2 Å². The molecule has 0 aromatic rings. The second-order valence-electron chi connectivity index (χ2n) is 7.59. The Kier molecular flexibility index (Phi) is 5.11. The van der Waals surface area contributed by atoms with Crippen molar-refractivity contribution in [2.75, 3.05) is 46.9 Å². The van der Waals surface area contributed by atoms with Crippen molar-refractivity contribution >= 4 is 0 Å². The van der Waals surface area contributed by atoms with E-state index in [0.717, 1.165) is 31.9 Å². The molecule has 1 unspecified atom stereocenters. The third-order valence-corrected chi connectivity index (χ3v) is 5.37. The fourth-order valence-electron chi connectivity index (χ4n) is 3.93. The molecular formula is C16H33N3O. The fraction of sp³-hybridized carbons (Fsp3) is 1.00. The van der Waals surface area contributed by atoms with Crippen molar-refractivity contribution in [2.45, 2.75) is 50.7 Å². The predicted molar refractivity (Wildman–Crippen MR) is 83.9 cm³/mol. The van der Waals surface area contributed by atoms with E-state index in [-0.39, 0.29) is 11.1 Å². The van der Waals surface area contributed by atoms with E-state index in [4.69, 9.17) is 10.5 Å². The number of ether oxygens (including phenoxy) is 1. The monoisotopic (exact) mass is 283 g/mol. The van der Waals surface area contributed by atoms with Crippen LogP contribution in [0.4, 0.5) is 0 Å². The van der Waals surface area contributed by atoms with E-state index in [9.17, 15) is 0 Å². The van der Waals surface area contributed by atoms with Crippen molar-refractivity contribution in [3.05, 3.63) is 0 Å². The molecule has 0 aliphatic carbocycles. The standard InChI is InChI=1S/C16H33N3O/c1-15(2)12-16(13-17,7-10-20-15)19(4)11-14-5-8-18(3)9-6-14/h14H,5-13,17H2,1-4H3. The largest absolute Gasteiger partial charge is 0.375 e. The highest BCUT2D eigenvalue weighted by Gasteiger charge is 2.43. The van der Waals surface area contributed by atoms with E-state index in [1.165, 1.54) is 32.5 Å². The number of hydrogen-bond donors (Lipinski definition) is 1. The van der Waals surface area contributed by atoms with Gasteiger partial charge in [0.15, 0.2) is 0 Å². The first kappa shape index (κ1) is 16.2. The maximum Gasteiger partial charge on any atom is 0.0644 e. The van der Waals surface area contributed by atoms with Crippen LogP contribution in [0.25, 0.3) is 0 Å². The van der Waals surface area contributed by atoms with Crippen LogP contribution in [-0.2, 0) is 4.74 Å². The first-order valence-corrected chi connectivity index (χ1v) is 8.11. The zero-order valence-corrected chi connectivity index (χ0v) is 13.8. The minimum absolute atomic E-state index is 0.0430. The first-order chi connectivity index (χ1) is 9.37. The lowest BCUT2D eigenvalue weighted by molar-refractivity contribution is -0.116. The summed E-state index contributed by atoms with van der Waals surface area (Å²) in [7, 11) is 4.49. The van der Waals surface area contributed by atoms with Crippen LogP contribution >= 0.6 is 0 Å². The molecule has 2 fully saturated rings. The molecular weight excluding hydrogens is 250 g/mol. The van der Waals surface area contributed by atoms with E-state index in [0.29, 0.717) is 0 Å². The molecule has 0 radical (unpaired) electrons. The molecule has 20 heavy (non-hydrogen) atoms. The molecule has 118 valence electrons. The second kappa shape index (κ2) is 6.30. The third kappa shape index (κ3) is 3.73. The van der Waals surface area contributed by atoms with E-state index in [1.807, 2.05) is 0 Å². The summed E-state index contributed by atoms with van der Waals surface area (Å²) < 4.78 is 5.89. The number of piperidine rings is 1. The van der Waals surface area contributed by atoms with E-state index < -0.39 is 0 Å². The van der Waals surface area contributed by atoms with E-state index in [2.05, 4.69) is 37.7 Å². The van der Waals surface area contributed by atoms with E-state index in [1.54, 1.807) is 0 Å². The zero-order chi connectivity index (χ0) is 14.8. The van der Waals surface area contributed by atoms with Gasteiger partial charge in [0.2, 0.25) is 0 Å². The topological polar surface area (TPSA) is 41.7 Å². The Bertz CT molecular complexity index is 313. The smallest absolute Gasteiger partial charge is 0.0644 e. The summed E-state index contributed by atoms with van der Waals surface area (Å²) in [5.41, 5.74) is 6.27. The Morgan fingerprint density at radius 2 is 1.95 bits per heavy atom. The summed E-state index contributed by atoms with van der Waals surface area (Å²) in [4.78, 5) is 4.99. The first-order valence-electron chi connectivity index (χ1n) is 8.11. The van der Waals surface area contributed by atoms with Gasteiger partial charge in [-0.25, -0.2) is 0 Å². The molecule has 2 heterocycles. The lowest BCUT2D eigenvalue weighted by Gasteiger charge is -2.50. The van der Waals surface area contributed by atoms with Crippen molar-refractivity contribution < 1.29 is 4.74 Å². The van der Waals surface area contributed by atoms with Crippen molar-refractivity contribution in [1.82, 2.24) is 9.80 Å². The highest BCUT2D eigenvalue weighted by molar-refractivity contribution is 4.99. The Morgan fingerprint density at radius 1 is 1.30 bits per heavy atom. The van der Waals surface area contributed by atoms with Crippen LogP contribution < -0.4 is 5.73 Å². The molecule has 2 N–H and O–H groups in total. The van der Waals surface area contributed by atoms with Gasteiger partial charge in [-0.15, -0.1) is 0 Å². The maximum atomic E-state index is 6.18. The SMILES string of the molecule is CN1CCC(CN(C)C2(CN)CCOC(C)(C)C2)CC1. The number of likely N-dealkylation sites (tertiary alicyclic amines) is 1. The van der Waals surface area contributed by atoms with Gasteiger partial charge >= 0.3 is 0 Å². The third-order valence-electron chi connectivity index (χ3n) is 5.37. The minimum Gasteiger partial charge on any atom is -0.375 e. The molecule has 0 spiro atoms. The average molecular weight is 283 g/mol.